The average molecular weight is 652 g/mol. The maximum Gasteiger partial charge on any atom is 0.143 e. The first-order valence-corrected chi connectivity index (χ1v) is 17.3. The van der Waals surface area contributed by atoms with E-state index >= 15 is 0 Å². The van der Waals surface area contributed by atoms with E-state index in [0.717, 1.165) is 88.2 Å². The van der Waals surface area contributed by atoms with Crippen molar-refractivity contribution >= 4 is 93.3 Å². The van der Waals surface area contributed by atoms with E-state index in [-0.39, 0.29) is 0 Å². The summed E-state index contributed by atoms with van der Waals surface area (Å²) in [6, 6.07) is 62.5. The summed E-state index contributed by atoms with van der Waals surface area (Å²) < 4.78 is 13.3. The summed E-state index contributed by atoms with van der Waals surface area (Å²) >= 11 is 0. The van der Waals surface area contributed by atoms with Crippen molar-refractivity contribution in [2.24, 2.45) is 0 Å². The second-order valence-electron chi connectivity index (χ2n) is 13.2. The Labute approximate surface area is 293 Å². The van der Waals surface area contributed by atoms with Crippen LogP contribution in [-0.4, -0.2) is 0 Å². The molecule has 3 heteroatoms. The Bertz CT molecular complexity index is 3160. The number of rotatable bonds is 4. The SMILES string of the molecule is c1cc(-c2cccc3oc4c5ccccc5ccc4c23)cc(N(c2cccc3ccccc23)c2cccc3oc4c5ccccc5ccc4c23)c1. The van der Waals surface area contributed by atoms with E-state index in [0.29, 0.717) is 0 Å². The minimum atomic E-state index is 0.863. The quantitative estimate of drug-likeness (QED) is 0.190. The molecule has 0 amide bonds. The zero-order chi connectivity index (χ0) is 33.5. The first-order valence-electron chi connectivity index (χ1n) is 17.3. The second kappa shape index (κ2) is 10.8. The lowest BCUT2D eigenvalue weighted by Gasteiger charge is -2.28. The second-order valence-corrected chi connectivity index (χ2v) is 13.2. The molecule has 0 spiro atoms. The third-order valence-corrected chi connectivity index (χ3v) is 10.4. The van der Waals surface area contributed by atoms with Gasteiger partial charge in [0.1, 0.15) is 22.3 Å². The molecular formula is C48H29NO2. The monoisotopic (exact) mass is 651 g/mol. The van der Waals surface area contributed by atoms with Crippen LogP contribution in [0.4, 0.5) is 17.1 Å². The molecule has 0 aliphatic rings. The smallest absolute Gasteiger partial charge is 0.143 e. The standard InChI is InChI=1S/C48H29NO2/c1-4-17-35-30(11-1)14-8-21-41(35)49(42-22-10-24-44-46(42)40-28-26-32-13-3-6-19-38(32)48(40)51-44)34-16-7-15-33(29-34)36-20-9-23-43-45(36)39-27-25-31-12-2-5-18-37(31)47(39)50-43/h1-29H. The van der Waals surface area contributed by atoms with Gasteiger partial charge in [0.05, 0.1) is 16.8 Å². The summed E-state index contributed by atoms with van der Waals surface area (Å²) in [7, 11) is 0. The van der Waals surface area contributed by atoms with Crippen LogP contribution in [0.3, 0.4) is 0 Å². The highest BCUT2D eigenvalue weighted by Crippen LogP contribution is 2.47. The lowest BCUT2D eigenvalue weighted by atomic mass is 9.97. The molecule has 3 nitrogen and oxygen atoms in total. The molecule has 0 aliphatic carbocycles. The van der Waals surface area contributed by atoms with Crippen LogP contribution in [0.5, 0.6) is 0 Å². The van der Waals surface area contributed by atoms with Gasteiger partial charge in [-0.25, -0.2) is 0 Å². The number of hydrogen-bond acceptors (Lipinski definition) is 3. The van der Waals surface area contributed by atoms with Crippen molar-refractivity contribution in [1.29, 1.82) is 0 Å². The van der Waals surface area contributed by atoms with Crippen LogP contribution in [0.15, 0.2) is 185 Å². The van der Waals surface area contributed by atoms with Gasteiger partial charge in [-0.2, -0.15) is 0 Å². The van der Waals surface area contributed by atoms with E-state index in [9.17, 15) is 0 Å². The molecule has 0 saturated carbocycles. The largest absolute Gasteiger partial charge is 0.455 e. The van der Waals surface area contributed by atoms with Gasteiger partial charge >= 0.3 is 0 Å². The van der Waals surface area contributed by atoms with E-state index in [2.05, 4.69) is 181 Å². The first kappa shape index (κ1) is 28.0. The van der Waals surface area contributed by atoms with Crippen LogP contribution in [0.1, 0.15) is 0 Å². The van der Waals surface area contributed by atoms with Crippen LogP contribution < -0.4 is 4.90 Å². The average Bonchev–Trinajstić information content (AvgIpc) is 3.78. The number of furan rings is 2. The lowest BCUT2D eigenvalue weighted by Crippen LogP contribution is -2.11. The minimum absolute atomic E-state index is 0.863. The molecule has 51 heavy (non-hydrogen) atoms. The molecule has 0 fully saturated rings. The van der Waals surface area contributed by atoms with E-state index in [1.54, 1.807) is 0 Å². The first-order chi connectivity index (χ1) is 25.3. The highest BCUT2D eigenvalue weighted by molar-refractivity contribution is 6.21. The summed E-state index contributed by atoms with van der Waals surface area (Å²) in [5, 5.41) is 11.4. The summed E-state index contributed by atoms with van der Waals surface area (Å²) in [5.74, 6) is 0. The molecule has 9 aromatic carbocycles. The Hall–Kier alpha value is -6.84. The Morgan fingerprint density at radius 2 is 0.882 bits per heavy atom. The predicted octanol–water partition coefficient (Wildman–Crippen LogP) is 14.1. The van der Waals surface area contributed by atoms with Gasteiger partial charge in [0.25, 0.3) is 0 Å². The predicted molar refractivity (Wildman–Crippen MR) is 214 cm³/mol. The number of benzene rings is 9. The van der Waals surface area contributed by atoms with Gasteiger partial charge in [-0.3, -0.25) is 0 Å². The molecule has 2 aromatic heterocycles. The maximum absolute atomic E-state index is 6.68. The fourth-order valence-corrected chi connectivity index (χ4v) is 8.14. The number of hydrogen-bond donors (Lipinski definition) is 0. The molecule has 0 saturated heterocycles. The molecule has 0 bridgehead atoms. The molecule has 11 aromatic rings. The highest BCUT2D eigenvalue weighted by atomic mass is 16.3. The molecule has 2 heterocycles. The zero-order valence-corrected chi connectivity index (χ0v) is 27.5. The van der Waals surface area contributed by atoms with Gasteiger partial charge in [-0.15, -0.1) is 0 Å². The van der Waals surface area contributed by atoms with Gasteiger partial charge in [0.2, 0.25) is 0 Å². The molecular weight excluding hydrogens is 623 g/mol. The van der Waals surface area contributed by atoms with Gasteiger partial charge < -0.3 is 13.7 Å². The number of nitrogens with zero attached hydrogens (tertiary/aromatic N) is 1. The Kier molecular flexibility index (Phi) is 5.96. The van der Waals surface area contributed by atoms with Crippen molar-refractivity contribution in [2.45, 2.75) is 0 Å². The van der Waals surface area contributed by atoms with E-state index in [4.69, 9.17) is 8.83 Å². The van der Waals surface area contributed by atoms with Crippen molar-refractivity contribution in [3.8, 4) is 11.1 Å². The van der Waals surface area contributed by atoms with E-state index < -0.39 is 0 Å². The fourth-order valence-electron chi connectivity index (χ4n) is 8.14. The molecule has 11 rings (SSSR count). The molecule has 0 aliphatic heterocycles. The molecule has 0 atom stereocenters. The summed E-state index contributed by atoms with van der Waals surface area (Å²) in [4.78, 5) is 2.40. The van der Waals surface area contributed by atoms with Crippen LogP contribution in [0, 0.1) is 0 Å². The summed E-state index contributed by atoms with van der Waals surface area (Å²) in [6.07, 6.45) is 0. The van der Waals surface area contributed by atoms with Crippen molar-refractivity contribution in [3.05, 3.63) is 176 Å². The van der Waals surface area contributed by atoms with Crippen molar-refractivity contribution in [2.75, 3.05) is 4.90 Å². The molecule has 238 valence electrons. The van der Waals surface area contributed by atoms with Crippen LogP contribution in [-0.2, 0) is 0 Å². The fraction of sp³-hybridized carbons (Fsp3) is 0. The Morgan fingerprint density at radius 3 is 1.61 bits per heavy atom. The lowest BCUT2D eigenvalue weighted by molar-refractivity contribution is 0.672. The summed E-state index contributed by atoms with van der Waals surface area (Å²) in [6.45, 7) is 0. The molecule has 0 N–H and O–H groups in total. The third-order valence-electron chi connectivity index (χ3n) is 10.4. The van der Waals surface area contributed by atoms with Gasteiger partial charge in [-0.1, -0.05) is 127 Å². The zero-order valence-electron chi connectivity index (χ0n) is 27.5. The summed E-state index contributed by atoms with van der Waals surface area (Å²) in [5.41, 5.74) is 9.07. The van der Waals surface area contributed by atoms with E-state index in [1.165, 1.54) is 16.2 Å². The van der Waals surface area contributed by atoms with Gasteiger partial charge in [-0.05, 0) is 75.8 Å². The van der Waals surface area contributed by atoms with Crippen molar-refractivity contribution < 1.29 is 8.83 Å². The third kappa shape index (κ3) is 4.19. The van der Waals surface area contributed by atoms with E-state index in [1.807, 2.05) is 0 Å². The van der Waals surface area contributed by atoms with Crippen LogP contribution >= 0.6 is 0 Å². The topological polar surface area (TPSA) is 29.5 Å². The maximum atomic E-state index is 6.68. The molecule has 0 unspecified atom stereocenters. The Morgan fingerprint density at radius 1 is 0.353 bits per heavy atom. The number of anilines is 3. The Balaban J connectivity index is 1.19. The number of fused-ring (bicyclic) bond motifs is 11. The van der Waals surface area contributed by atoms with Crippen molar-refractivity contribution in [1.82, 2.24) is 0 Å². The van der Waals surface area contributed by atoms with Crippen molar-refractivity contribution in [3.63, 3.8) is 0 Å². The van der Waals surface area contributed by atoms with Gasteiger partial charge in [0, 0.05) is 38.0 Å². The highest BCUT2D eigenvalue weighted by Gasteiger charge is 2.23. The normalized spacial score (nSPS) is 11.9. The van der Waals surface area contributed by atoms with Gasteiger partial charge in [0.15, 0.2) is 0 Å². The van der Waals surface area contributed by atoms with Crippen LogP contribution in [0.25, 0.3) is 87.3 Å². The molecule has 0 radical (unpaired) electrons. The van der Waals surface area contributed by atoms with Crippen LogP contribution in [0.2, 0.25) is 0 Å². The minimum Gasteiger partial charge on any atom is -0.455 e.